The molecule has 0 aliphatic carbocycles. The van der Waals surface area contributed by atoms with Crippen LogP contribution in [-0.4, -0.2) is 11.0 Å². The van der Waals surface area contributed by atoms with E-state index in [1.807, 2.05) is 6.92 Å². The van der Waals surface area contributed by atoms with Gasteiger partial charge in [-0.05, 0) is 6.92 Å². The lowest BCUT2D eigenvalue weighted by Gasteiger charge is -1.82. The van der Waals surface area contributed by atoms with Crippen molar-refractivity contribution in [3.63, 3.8) is 0 Å². The van der Waals surface area contributed by atoms with Gasteiger partial charge in [-0.2, -0.15) is 5.10 Å². The molecule has 0 aromatic rings. The molecule has 0 heterocycles. The van der Waals surface area contributed by atoms with E-state index in [9.17, 15) is 0 Å². The predicted molar refractivity (Wildman–Crippen MR) is 31.1 cm³/mol. The molecule has 0 aliphatic rings. The average Bonchev–Trinajstić information content (AvgIpc) is 1.65. The highest BCUT2D eigenvalue weighted by Gasteiger charge is 1.78. The van der Waals surface area contributed by atoms with Crippen molar-refractivity contribution in [2.45, 2.75) is 6.92 Å². The Morgan fingerprint density at radius 1 is 2.00 bits per heavy atom. The van der Waals surface area contributed by atoms with Crippen LogP contribution >= 0.6 is 15.9 Å². The van der Waals surface area contributed by atoms with E-state index in [2.05, 4.69) is 21.0 Å². The highest BCUT2D eigenvalue weighted by molar-refractivity contribution is 9.09. The minimum absolute atomic E-state index is 0.767. The Morgan fingerprint density at radius 2 is 2.50 bits per heavy atom. The van der Waals surface area contributed by atoms with Crippen LogP contribution in [0, 0.1) is 0 Å². The number of halogens is 1. The maximum absolute atomic E-state index is 4.84. The van der Waals surface area contributed by atoms with Crippen LogP contribution in [0.3, 0.4) is 0 Å². The lowest BCUT2D eigenvalue weighted by Crippen LogP contribution is -1.95. The molecule has 0 rings (SSSR count). The number of rotatable bonds is 1. The summed E-state index contributed by atoms with van der Waals surface area (Å²) >= 11 is 3.16. The Hall–Kier alpha value is -0.0500. The zero-order valence-electron chi connectivity index (χ0n) is 3.61. The number of hydrazone groups is 1. The molecule has 0 radical (unpaired) electrons. The standard InChI is InChI=1S/C3H7BrN2/c1-3(2-4)6-5/h2,5H2,1H3. The molecule has 0 atom stereocenters. The van der Waals surface area contributed by atoms with E-state index >= 15 is 0 Å². The van der Waals surface area contributed by atoms with Crippen molar-refractivity contribution in [3.8, 4) is 0 Å². The summed E-state index contributed by atoms with van der Waals surface area (Å²) in [6.07, 6.45) is 0. The van der Waals surface area contributed by atoms with Crippen molar-refractivity contribution in [2.75, 3.05) is 5.33 Å². The molecule has 0 unspecified atom stereocenters. The first-order valence-electron chi connectivity index (χ1n) is 1.60. The van der Waals surface area contributed by atoms with Crippen LogP contribution < -0.4 is 5.84 Å². The molecule has 0 saturated carbocycles. The summed E-state index contributed by atoms with van der Waals surface area (Å²) in [4.78, 5) is 0. The Morgan fingerprint density at radius 3 is 2.50 bits per heavy atom. The Bertz CT molecular complexity index is 59.8. The number of hydrogen-bond donors (Lipinski definition) is 1. The van der Waals surface area contributed by atoms with Crippen LogP contribution in [0.25, 0.3) is 0 Å². The fourth-order valence-corrected chi connectivity index (χ4v) is 0.179. The van der Waals surface area contributed by atoms with Crippen molar-refractivity contribution in [1.82, 2.24) is 0 Å². The predicted octanol–water partition coefficient (Wildman–Crippen LogP) is 0.716. The highest BCUT2D eigenvalue weighted by atomic mass is 79.9. The Balaban J connectivity index is 3.22. The maximum atomic E-state index is 4.84. The molecular formula is C3H7BrN2. The molecule has 0 spiro atoms. The van der Waals surface area contributed by atoms with Gasteiger partial charge in [0.2, 0.25) is 0 Å². The van der Waals surface area contributed by atoms with E-state index < -0.39 is 0 Å². The smallest absolute Gasteiger partial charge is 0.0450 e. The van der Waals surface area contributed by atoms with Gasteiger partial charge in [-0.25, -0.2) is 0 Å². The molecule has 0 fully saturated rings. The van der Waals surface area contributed by atoms with E-state index in [1.54, 1.807) is 0 Å². The molecule has 3 heteroatoms. The summed E-state index contributed by atoms with van der Waals surface area (Å²) in [6, 6.07) is 0. The van der Waals surface area contributed by atoms with E-state index in [0.717, 1.165) is 11.0 Å². The topological polar surface area (TPSA) is 38.4 Å². The van der Waals surface area contributed by atoms with Crippen molar-refractivity contribution in [2.24, 2.45) is 10.9 Å². The second-order valence-electron chi connectivity index (χ2n) is 0.998. The van der Waals surface area contributed by atoms with Gasteiger partial charge in [0, 0.05) is 11.0 Å². The van der Waals surface area contributed by atoms with Gasteiger partial charge in [-0.3, -0.25) is 0 Å². The summed E-state index contributed by atoms with van der Waals surface area (Å²) in [5, 5.41) is 4.14. The molecule has 0 aromatic carbocycles. The van der Waals surface area contributed by atoms with Crippen molar-refractivity contribution in [3.05, 3.63) is 0 Å². The van der Waals surface area contributed by atoms with Crippen molar-refractivity contribution in [1.29, 1.82) is 0 Å². The highest BCUT2D eigenvalue weighted by Crippen LogP contribution is 1.79. The number of nitrogens with two attached hydrogens (primary N) is 1. The molecule has 0 amide bonds. The van der Waals surface area contributed by atoms with Gasteiger partial charge in [-0.1, -0.05) is 15.9 Å². The second kappa shape index (κ2) is 3.15. The first-order chi connectivity index (χ1) is 2.81. The van der Waals surface area contributed by atoms with E-state index in [0.29, 0.717) is 0 Å². The van der Waals surface area contributed by atoms with Gasteiger partial charge < -0.3 is 5.84 Å². The van der Waals surface area contributed by atoms with Crippen LogP contribution in [0.5, 0.6) is 0 Å². The molecule has 0 aromatic heterocycles. The van der Waals surface area contributed by atoms with Crippen molar-refractivity contribution < 1.29 is 0 Å². The minimum atomic E-state index is 0.767. The molecule has 0 bridgehead atoms. The van der Waals surface area contributed by atoms with Gasteiger partial charge in [0.1, 0.15) is 0 Å². The van der Waals surface area contributed by atoms with Gasteiger partial charge in [0.05, 0.1) is 0 Å². The van der Waals surface area contributed by atoms with E-state index in [4.69, 9.17) is 5.84 Å². The third kappa shape index (κ3) is 2.20. The zero-order valence-corrected chi connectivity index (χ0v) is 5.20. The average molecular weight is 151 g/mol. The monoisotopic (exact) mass is 150 g/mol. The van der Waals surface area contributed by atoms with Crippen LogP contribution in [0.1, 0.15) is 6.92 Å². The maximum Gasteiger partial charge on any atom is 0.0450 e. The number of hydrogen-bond acceptors (Lipinski definition) is 2. The van der Waals surface area contributed by atoms with Crippen LogP contribution in [0.4, 0.5) is 0 Å². The van der Waals surface area contributed by atoms with Gasteiger partial charge in [0.25, 0.3) is 0 Å². The fourth-order valence-electron chi connectivity index (χ4n) is 0.0345. The van der Waals surface area contributed by atoms with E-state index in [1.165, 1.54) is 0 Å². The van der Waals surface area contributed by atoms with Gasteiger partial charge in [0.15, 0.2) is 0 Å². The second-order valence-corrected chi connectivity index (χ2v) is 1.56. The minimum Gasteiger partial charge on any atom is -0.323 e. The Labute approximate surface area is 45.5 Å². The summed E-state index contributed by atoms with van der Waals surface area (Å²) in [5.41, 5.74) is 0.912. The quantitative estimate of drug-likeness (QED) is 0.255. The molecule has 2 N–H and O–H groups in total. The van der Waals surface area contributed by atoms with Crippen LogP contribution in [0.15, 0.2) is 5.10 Å². The summed E-state index contributed by atoms with van der Waals surface area (Å²) in [7, 11) is 0. The van der Waals surface area contributed by atoms with Gasteiger partial charge >= 0.3 is 0 Å². The fraction of sp³-hybridized carbons (Fsp3) is 0.667. The first kappa shape index (κ1) is 5.95. The van der Waals surface area contributed by atoms with Crippen LogP contribution in [0.2, 0.25) is 0 Å². The zero-order chi connectivity index (χ0) is 4.99. The molecule has 2 nitrogen and oxygen atoms in total. The number of alkyl halides is 1. The van der Waals surface area contributed by atoms with Gasteiger partial charge in [-0.15, -0.1) is 0 Å². The van der Waals surface area contributed by atoms with E-state index in [-0.39, 0.29) is 0 Å². The lowest BCUT2D eigenvalue weighted by atomic mass is 10.5. The molecule has 6 heavy (non-hydrogen) atoms. The third-order valence-corrected chi connectivity index (χ3v) is 1.23. The SMILES string of the molecule is CC(CBr)=NN. The molecule has 36 valence electrons. The number of nitrogens with zero attached hydrogens (tertiary/aromatic N) is 1. The Kier molecular flexibility index (Phi) is 3.13. The summed E-state index contributed by atoms with van der Waals surface area (Å²) in [6.45, 7) is 1.86. The third-order valence-electron chi connectivity index (χ3n) is 0.414. The summed E-state index contributed by atoms with van der Waals surface area (Å²) < 4.78 is 0. The molecule has 0 aliphatic heterocycles. The lowest BCUT2D eigenvalue weighted by molar-refractivity contribution is 1.23. The molecular weight excluding hydrogens is 144 g/mol. The van der Waals surface area contributed by atoms with Crippen molar-refractivity contribution >= 4 is 21.6 Å². The summed E-state index contributed by atoms with van der Waals surface area (Å²) in [5.74, 6) is 4.84. The van der Waals surface area contributed by atoms with Crippen LogP contribution in [-0.2, 0) is 0 Å². The normalized spacial score (nSPS) is 12.0. The molecule has 0 saturated heterocycles. The largest absolute Gasteiger partial charge is 0.323 e. The first-order valence-corrected chi connectivity index (χ1v) is 2.72.